The Balaban J connectivity index is 2.62. The molecule has 2 aromatic rings. The summed E-state index contributed by atoms with van der Waals surface area (Å²) in [7, 11) is -0.870. The lowest BCUT2D eigenvalue weighted by Gasteiger charge is -2.13. The van der Waals surface area contributed by atoms with Gasteiger partial charge in [-0.25, -0.2) is 13.2 Å². The number of methoxy groups -OCH3 is 1. The van der Waals surface area contributed by atoms with Crippen molar-refractivity contribution in [2.24, 2.45) is 7.05 Å². The maximum absolute atomic E-state index is 13.1. The van der Waals surface area contributed by atoms with E-state index in [0.29, 0.717) is 22.8 Å². The van der Waals surface area contributed by atoms with Gasteiger partial charge in [0, 0.05) is 18.4 Å². The molecule has 0 spiro atoms. The van der Waals surface area contributed by atoms with Gasteiger partial charge in [-0.15, -0.1) is 0 Å². The molecule has 0 atom stereocenters. The molecule has 1 N–H and O–H groups in total. The minimum atomic E-state index is -4.04. The number of rotatable bonds is 6. The number of ether oxygens (including phenoxy) is 2. The highest BCUT2D eigenvalue weighted by Crippen LogP contribution is 2.32. The smallest absolute Gasteiger partial charge is 0.341 e. The average molecular weight is 380 g/mol. The number of anilines is 1. The quantitative estimate of drug-likeness (QED) is 0.779. The molecule has 7 nitrogen and oxygen atoms in total. The lowest BCUT2D eigenvalue weighted by molar-refractivity contribution is 0.0521. The van der Waals surface area contributed by atoms with Crippen LogP contribution >= 0.6 is 0 Å². The summed E-state index contributed by atoms with van der Waals surface area (Å²) in [5.74, 6) is -0.271. The van der Waals surface area contributed by atoms with Gasteiger partial charge >= 0.3 is 5.97 Å². The summed E-state index contributed by atoms with van der Waals surface area (Å²) < 4.78 is 40.7. The van der Waals surface area contributed by atoms with Gasteiger partial charge in [-0.05, 0) is 45.4 Å². The van der Waals surface area contributed by atoms with Crippen molar-refractivity contribution in [3.05, 3.63) is 40.7 Å². The summed E-state index contributed by atoms with van der Waals surface area (Å²) in [6, 6.07) is 5.17. The maximum Gasteiger partial charge on any atom is 0.341 e. The monoisotopic (exact) mass is 380 g/mol. The first-order valence-electron chi connectivity index (χ1n) is 8.14. The number of sulfonamides is 1. The Kier molecular flexibility index (Phi) is 5.65. The fourth-order valence-corrected chi connectivity index (χ4v) is 4.36. The highest BCUT2D eigenvalue weighted by molar-refractivity contribution is 7.92. The largest absolute Gasteiger partial charge is 0.495 e. The van der Waals surface area contributed by atoms with Crippen LogP contribution < -0.4 is 9.46 Å². The number of aromatic nitrogens is 1. The molecule has 0 saturated heterocycles. The van der Waals surface area contributed by atoms with Crippen LogP contribution in [0.5, 0.6) is 5.75 Å². The van der Waals surface area contributed by atoms with Gasteiger partial charge in [-0.3, -0.25) is 4.72 Å². The molecule has 0 fully saturated rings. The second kappa shape index (κ2) is 7.41. The summed E-state index contributed by atoms with van der Waals surface area (Å²) in [5, 5.41) is 0. The highest BCUT2D eigenvalue weighted by atomic mass is 32.2. The summed E-state index contributed by atoms with van der Waals surface area (Å²) in [5.41, 5.74) is 2.20. The Morgan fingerprint density at radius 2 is 1.85 bits per heavy atom. The number of esters is 1. The Morgan fingerprint density at radius 3 is 2.42 bits per heavy atom. The molecular formula is C18H24N2O5S. The lowest BCUT2D eigenvalue weighted by Crippen LogP contribution is -2.18. The minimum absolute atomic E-state index is 0.0472. The second-order valence-corrected chi connectivity index (χ2v) is 7.58. The van der Waals surface area contributed by atoms with Crippen molar-refractivity contribution in [3.63, 3.8) is 0 Å². The molecule has 1 aromatic carbocycles. The van der Waals surface area contributed by atoms with Crippen molar-refractivity contribution in [2.75, 3.05) is 18.4 Å². The Labute approximate surface area is 154 Å². The van der Waals surface area contributed by atoms with Crippen LogP contribution in [0, 0.1) is 20.8 Å². The Morgan fingerprint density at radius 1 is 1.19 bits per heavy atom. The van der Waals surface area contributed by atoms with Gasteiger partial charge in [0.15, 0.2) is 0 Å². The summed E-state index contributed by atoms with van der Waals surface area (Å²) in [4.78, 5) is 12.3. The number of benzene rings is 1. The number of aryl methyl sites for hydroxylation is 1. The van der Waals surface area contributed by atoms with Crippen LogP contribution in [0.1, 0.15) is 34.2 Å². The van der Waals surface area contributed by atoms with Crippen molar-refractivity contribution in [2.45, 2.75) is 32.6 Å². The van der Waals surface area contributed by atoms with Crippen molar-refractivity contribution in [1.29, 1.82) is 0 Å². The standard InChI is InChI=1S/C18H24N2O5S/c1-7-25-18(21)16-12(3)20(5)13(4)17(16)26(22,23)19-14-10-11(2)8-9-15(14)24-6/h8-10,19H,7H2,1-6H3. The van der Waals surface area contributed by atoms with Crippen LogP contribution in [0.2, 0.25) is 0 Å². The zero-order valence-electron chi connectivity index (χ0n) is 15.8. The van der Waals surface area contributed by atoms with Crippen LogP contribution in [0.4, 0.5) is 5.69 Å². The van der Waals surface area contributed by atoms with E-state index in [4.69, 9.17) is 9.47 Å². The van der Waals surface area contributed by atoms with E-state index in [1.807, 2.05) is 13.0 Å². The number of hydrogen-bond acceptors (Lipinski definition) is 5. The van der Waals surface area contributed by atoms with E-state index in [1.165, 1.54) is 7.11 Å². The first-order valence-corrected chi connectivity index (χ1v) is 9.62. The average Bonchev–Trinajstić information content (AvgIpc) is 2.80. The SMILES string of the molecule is CCOC(=O)c1c(S(=O)(=O)Nc2cc(C)ccc2OC)c(C)n(C)c1C. The third-order valence-electron chi connectivity index (χ3n) is 4.27. The zero-order chi connectivity index (χ0) is 19.6. The van der Waals surface area contributed by atoms with Gasteiger partial charge < -0.3 is 14.0 Å². The third-order valence-corrected chi connectivity index (χ3v) is 5.80. The molecule has 0 aliphatic carbocycles. The first kappa shape index (κ1) is 19.8. The third kappa shape index (κ3) is 3.55. The molecule has 2 rings (SSSR count). The molecule has 0 aliphatic rings. The molecule has 0 bridgehead atoms. The van der Waals surface area contributed by atoms with Crippen LogP contribution in [0.25, 0.3) is 0 Å². The van der Waals surface area contributed by atoms with E-state index >= 15 is 0 Å². The molecule has 0 aliphatic heterocycles. The molecule has 142 valence electrons. The first-order chi connectivity index (χ1) is 12.1. The summed E-state index contributed by atoms with van der Waals surface area (Å²) in [6.45, 7) is 7.01. The molecule has 0 unspecified atom stereocenters. The van der Waals surface area contributed by atoms with Gasteiger partial charge in [-0.2, -0.15) is 0 Å². The van der Waals surface area contributed by atoms with Crippen LogP contribution in [0.15, 0.2) is 23.1 Å². The van der Waals surface area contributed by atoms with Gasteiger partial charge in [-0.1, -0.05) is 6.07 Å². The normalized spacial score (nSPS) is 11.3. The lowest BCUT2D eigenvalue weighted by atomic mass is 10.2. The maximum atomic E-state index is 13.1. The minimum Gasteiger partial charge on any atom is -0.495 e. The van der Waals surface area contributed by atoms with E-state index in [2.05, 4.69) is 4.72 Å². The number of carbonyl (C=O) groups is 1. The molecule has 0 amide bonds. The van der Waals surface area contributed by atoms with Crippen molar-refractivity contribution >= 4 is 21.7 Å². The molecule has 0 saturated carbocycles. The molecule has 1 aromatic heterocycles. The molecule has 1 heterocycles. The highest BCUT2D eigenvalue weighted by Gasteiger charge is 2.32. The van der Waals surface area contributed by atoms with Crippen molar-refractivity contribution in [1.82, 2.24) is 4.57 Å². The predicted molar refractivity (Wildman–Crippen MR) is 99.4 cm³/mol. The van der Waals surface area contributed by atoms with Crippen LogP contribution in [-0.2, 0) is 21.8 Å². The second-order valence-electron chi connectivity index (χ2n) is 5.96. The van der Waals surface area contributed by atoms with Gasteiger partial charge in [0.25, 0.3) is 10.0 Å². The fraction of sp³-hybridized carbons (Fsp3) is 0.389. The summed E-state index contributed by atoms with van der Waals surface area (Å²) in [6.07, 6.45) is 0. The molecular weight excluding hydrogens is 356 g/mol. The molecule has 8 heteroatoms. The van der Waals surface area contributed by atoms with E-state index in [1.54, 1.807) is 44.5 Å². The van der Waals surface area contributed by atoms with Crippen LogP contribution in [-0.4, -0.2) is 32.7 Å². The van der Waals surface area contributed by atoms with E-state index in [9.17, 15) is 13.2 Å². The number of nitrogens with one attached hydrogen (secondary N) is 1. The van der Waals surface area contributed by atoms with Gasteiger partial charge in [0.1, 0.15) is 16.2 Å². The van der Waals surface area contributed by atoms with E-state index < -0.39 is 16.0 Å². The van der Waals surface area contributed by atoms with Crippen LogP contribution in [0.3, 0.4) is 0 Å². The Hall–Kier alpha value is -2.48. The zero-order valence-corrected chi connectivity index (χ0v) is 16.7. The van der Waals surface area contributed by atoms with Gasteiger partial charge in [0.2, 0.25) is 0 Å². The van der Waals surface area contributed by atoms with E-state index in [0.717, 1.165) is 5.56 Å². The molecule has 26 heavy (non-hydrogen) atoms. The predicted octanol–water partition coefficient (Wildman–Crippen LogP) is 2.94. The number of hydrogen-bond donors (Lipinski definition) is 1. The van der Waals surface area contributed by atoms with Crippen molar-refractivity contribution in [3.8, 4) is 5.75 Å². The van der Waals surface area contributed by atoms with Gasteiger partial charge in [0.05, 0.1) is 19.4 Å². The number of nitrogens with zero attached hydrogens (tertiary/aromatic N) is 1. The number of carbonyl (C=O) groups excluding carboxylic acids is 1. The Bertz CT molecular complexity index is 945. The summed E-state index contributed by atoms with van der Waals surface area (Å²) >= 11 is 0. The molecule has 0 radical (unpaired) electrons. The topological polar surface area (TPSA) is 86.6 Å². The van der Waals surface area contributed by atoms with E-state index in [-0.39, 0.29) is 17.1 Å². The fourth-order valence-electron chi connectivity index (χ4n) is 2.79. The van der Waals surface area contributed by atoms with Crippen molar-refractivity contribution < 1.29 is 22.7 Å².